The van der Waals surface area contributed by atoms with Crippen LogP contribution in [0.2, 0.25) is 0 Å². The number of piperazine rings is 1. The lowest BCUT2D eigenvalue weighted by Gasteiger charge is -2.36. The summed E-state index contributed by atoms with van der Waals surface area (Å²) in [5.74, 6) is 0.219. The van der Waals surface area contributed by atoms with E-state index in [4.69, 9.17) is 0 Å². The number of hydrogen-bond acceptors (Lipinski definition) is 5. The van der Waals surface area contributed by atoms with Gasteiger partial charge in [0.1, 0.15) is 6.04 Å². The van der Waals surface area contributed by atoms with Crippen LogP contribution in [0.1, 0.15) is 31.4 Å². The van der Waals surface area contributed by atoms with Crippen molar-refractivity contribution in [2.24, 2.45) is 0 Å². The smallest absolute Gasteiger partial charge is 0.214 e. The predicted octanol–water partition coefficient (Wildman–Crippen LogP) is 2.06. The summed E-state index contributed by atoms with van der Waals surface area (Å²) < 4.78 is 26.2. The number of sulfonamides is 1. The minimum Gasteiger partial charge on any atom is -0.378 e. The van der Waals surface area contributed by atoms with Crippen LogP contribution in [-0.4, -0.2) is 63.7 Å². The molecule has 7 heteroatoms. The molecule has 1 aliphatic heterocycles. The molecular weight excluding hydrogens is 336 g/mol. The van der Waals surface area contributed by atoms with Crippen molar-refractivity contribution in [2.75, 3.05) is 50.9 Å². The van der Waals surface area contributed by atoms with Gasteiger partial charge in [-0.15, -0.1) is 0 Å². The molecule has 1 heterocycles. The summed E-state index contributed by atoms with van der Waals surface area (Å²) in [5, 5.41) is 9.62. The van der Waals surface area contributed by atoms with E-state index < -0.39 is 10.0 Å². The van der Waals surface area contributed by atoms with Crippen LogP contribution in [0.25, 0.3) is 0 Å². The molecule has 0 aliphatic carbocycles. The highest BCUT2D eigenvalue weighted by Crippen LogP contribution is 2.24. The fraction of sp³-hybridized carbons (Fsp3) is 0.611. The second-order valence-corrected chi connectivity index (χ2v) is 8.71. The van der Waals surface area contributed by atoms with Crippen molar-refractivity contribution in [1.82, 2.24) is 9.21 Å². The molecule has 0 N–H and O–H groups in total. The maximum Gasteiger partial charge on any atom is 0.214 e. The first-order valence-electron chi connectivity index (χ1n) is 8.78. The van der Waals surface area contributed by atoms with Crippen molar-refractivity contribution in [3.05, 3.63) is 29.8 Å². The maximum absolute atomic E-state index is 12.3. The van der Waals surface area contributed by atoms with Crippen molar-refractivity contribution in [1.29, 1.82) is 5.26 Å². The van der Waals surface area contributed by atoms with Crippen LogP contribution in [-0.2, 0) is 10.0 Å². The Bertz CT molecular complexity index is 687. The van der Waals surface area contributed by atoms with Crippen LogP contribution in [0.3, 0.4) is 0 Å². The van der Waals surface area contributed by atoms with Crippen molar-refractivity contribution in [3.63, 3.8) is 0 Å². The van der Waals surface area contributed by atoms with E-state index in [1.807, 2.05) is 50.2 Å². The van der Waals surface area contributed by atoms with Gasteiger partial charge in [0.05, 0.1) is 11.8 Å². The predicted molar refractivity (Wildman–Crippen MR) is 101 cm³/mol. The van der Waals surface area contributed by atoms with Gasteiger partial charge < -0.3 is 4.90 Å². The van der Waals surface area contributed by atoms with Gasteiger partial charge in [-0.3, -0.25) is 4.90 Å². The van der Waals surface area contributed by atoms with Crippen LogP contribution < -0.4 is 4.90 Å². The van der Waals surface area contributed by atoms with Gasteiger partial charge in [-0.2, -0.15) is 9.57 Å². The molecule has 1 aliphatic rings. The lowest BCUT2D eigenvalue weighted by atomic mass is 10.1. The molecular formula is C18H28N4O2S. The first-order chi connectivity index (χ1) is 11.9. The van der Waals surface area contributed by atoms with Gasteiger partial charge in [0.25, 0.3) is 0 Å². The summed E-state index contributed by atoms with van der Waals surface area (Å²) in [7, 11) is 0.799. The summed E-state index contributed by atoms with van der Waals surface area (Å²) in [6, 6.07) is 10.0. The zero-order valence-corrected chi connectivity index (χ0v) is 16.2. The van der Waals surface area contributed by atoms with Gasteiger partial charge >= 0.3 is 0 Å². The summed E-state index contributed by atoms with van der Waals surface area (Å²) in [6.07, 6.45) is 1.57. The minimum atomic E-state index is -3.16. The van der Waals surface area contributed by atoms with Crippen molar-refractivity contribution < 1.29 is 8.42 Å². The lowest BCUT2D eigenvalue weighted by molar-refractivity contribution is 0.162. The Morgan fingerprint density at radius 2 is 1.76 bits per heavy atom. The van der Waals surface area contributed by atoms with Crippen LogP contribution >= 0.6 is 0 Å². The number of benzene rings is 1. The average molecular weight is 365 g/mol. The zero-order chi connectivity index (χ0) is 18.4. The van der Waals surface area contributed by atoms with Crippen molar-refractivity contribution in [3.8, 4) is 6.07 Å². The largest absolute Gasteiger partial charge is 0.378 e. The number of rotatable bonds is 7. The van der Waals surface area contributed by atoms with Gasteiger partial charge in [-0.25, -0.2) is 8.42 Å². The third-order valence-electron chi connectivity index (χ3n) is 4.64. The van der Waals surface area contributed by atoms with Crippen LogP contribution in [0, 0.1) is 11.3 Å². The summed E-state index contributed by atoms with van der Waals surface area (Å²) in [6.45, 7) is 4.07. The van der Waals surface area contributed by atoms with E-state index >= 15 is 0 Å². The second-order valence-electron chi connectivity index (χ2n) is 6.62. The monoisotopic (exact) mass is 364 g/mol. The second kappa shape index (κ2) is 8.65. The Balaban J connectivity index is 2.01. The molecule has 138 valence electrons. The highest BCUT2D eigenvalue weighted by Gasteiger charge is 2.30. The molecule has 0 amide bonds. The molecule has 25 heavy (non-hydrogen) atoms. The minimum absolute atomic E-state index is 0.219. The Morgan fingerprint density at radius 3 is 2.24 bits per heavy atom. The first kappa shape index (κ1) is 19.7. The quantitative estimate of drug-likeness (QED) is 0.741. The van der Waals surface area contributed by atoms with Crippen LogP contribution in [0.5, 0.6) is 0 Å². The van der Waals surface area contributed by atoms with Crippen LogP contribution in [0.15, 0.2) is 24.3 Å². The molecule has 1 aromatic carbocycles. The molecule has 1 saturated heterocycles. The third-order valence-corrected chi connectivity index (χ3v) is 6.59. The molecule has 0 spiro atoms. The fourth-order valence-electron chi connectivity index (χ4n) is 3.02. The summed E-state index contributed by atoms with van der Waals surface area (Å²) in [5.41, 5.74) is 2.04. The molecule has 6 nitrogen and oxygen atoms in total. The fourth-order valence-corrected chi connectivity index (χ4v) is 4.65. The van der Waals surface area contributed by atoms with Gasteiger partial charge in [0.15, 0.2) is 0 Å². The number of nitrogens with zero attached hydrogens (tertiary/aromatic N) is 4. The van der Waals surface area contributed by atoms with Gasteiger partial charge in [-0.1, -0.05) is 25.5 Å². The molecule has 1 aromatic rings. The van der Waals surface area contributed by atoms with E-state index in [-0.39, 0.29) is 11.8 Å². The first-order valence-corrected chi connectivity index (χ1v) is 10.4. The normalized spacial score (nSPS) is 17.8. The van der Waals surface area contributed by atoms with E-state index in [1.165, 1.54) is 0 Å². The third kappa shape index (κ3) is 4.94. The van der Waals surface area contributed by atoms with Gasteiger partial charge in [-0.05, 0) is 24.1 Å². The molecule has 1 unspecified atom stereocenters. The molecule has 0 aromatic heterocycles. The van der Waals surface area contributed by atoms with Crippen molar-refractivity contribution >= 4 is 15.7 Å². The number of hydrogen-bond donors (Lipinski definition) is 0. The molecule has 0 radical (unpaired) electrons. The van der Waals surface area contributed by atoms with Gasteiger partial charge in [0, 0.05) is 46.0 Å². The molecule has 1 fully saturated rings. The topological polar surface area (TPSA) is 67.6 Å². The number of anilines is 1. The Hall–Kier alpha value is -1.62. The van der Waals surface area contributed by atoms with E-state index in [2.05, 4.69) is 11.0 Å². The lowest BCUT2D eigenvalue weighted by Crippen LogP contribution is -2.50. The van der Waals surface area contributed by atoms with Gasteiger partial charge in [0.2, 0.25) is 10.0 Å². The average Bonchev–Trinajstić information content (AvgIpc) is 2.61. The van der Waals surface area contributed by atoms with E-state index in [1.54, 1.807) is 4.31 Å². The zero-order valence-electron chi connectivity index (χ0n) is 15.4. The molecule has 0 saturated carbocycles. The van der Waals surface area contributed by atoms with E-state index in [0.717, 1.165) is 17.7 Å². The van der Waals surface area contributed by atoms with E-state index in [9.17, 15) is 13.7 Å². The van der Waals surface area contributed by atoms with Crippen molar-refractivity contribution in [2.45, 2.75) is 25.8 Å². The highest BCUT2D eigenvalue weighted by molar-refractivity contribution is 7.89. The summed E-state index contributed by atoms with van der Waals surface area (Å²) >= 11 is 0. The maximum atomic E-state index is 12.3. The highest BCUT2D eigenvalue weighted by atomic mass is 32.2. The van der Waals surface area contributed by atoms with Crippen LogP contribution in [0.4, 0.5) is 5.69 Å². The standard InChI is InChI=1S/C18H28N4O2S/c1-4-5-14-25(23,24)22-12-10-21(11-13-22)18(15-19)16-6-8-17(9-7-16)20(2)3/h6-9,18H,4-5,10-14H2,1-3H3. The number of nitriles is 1. The SMILES string of the molecule is CCCCS(=O)(=O)N1CCN(C(C#N)c2ccc(N(C)C)cc2)CC1. The molecule has 1 atom stereocenters. The Labute approximate surface area is 151 Å². The Morgan fingerprint density at radius 1 is 1.16 bits per heavy atom. The Kier molecular flexibility index (Phi) is 6.82. The molecule has 0 bridgehead atoms. The van der Waals surface area contributed by atoms with E-state index in [0.29, 0.717) is 32.6 Å². The number of unbranched alkanes of at least 4 members (excludes halogenated alkanes) is 1. The summed E-state index contributed by atoms with van der Waals surface area (Å²) in [4.78, 5) is 4.08. The molecule has 2 rings (SSSR count).